The predicted molar refractivity (Wildman–Crippen MR) is 278 cm³/mol. The molecular formula is C57H91N7O5. The number of rotatable bonds is 12. The summed E-state index contributed by atoms with van der Waals surface area (Å²) >= 11 is 0. The van der Waals surface area contributed by atoms with Crippen LogP contribution < -0.4 is 5.32 Å². The number of esters is 2. The Labute approximate surface area is 416 Å². The van der Waals surface area contributed by atoms with E-state index in [0.717, 1.165) is 38.5 Å². The number of amides is 1. The van der Waals surface area contributed by atoms with E-state index in [1.807, 2.05) is 41.5 Å². The first-order valence-electron chi connectivity index (χ1n) is 26.4. The second-order valence-corrected chi connectivity index (χ2v) is 27.0. The van der Waals surface area contributed by atoms with Crippen molar-refractivity contribution < 1.29 is 23.9 Å². The molecule has 2 N–H and O–H groups in total. The van der Waals surface area contributed by atoms with Gasteiger partial charge in [0.25, 0.3) is 0 Å². The van der Waals surface area contributed by atoms with Gasteiger partial charge in [0.05, 0.1) is 0 Å². The van der Waals surface area contributed by atoms with Gasteiger partial charge >= 0.3 is 11.9 Å². The smallest absolute Gasteiger partial charge is 0.343 e. The monoisotopic (exact) mass is 954 g/mol. The van der Waals surface area contributed by atoms with Gasteiger partial charge in [-0.25, -0.2) is 19.6 Å². The van der Waals surface area contributed by atoms with Crippen molar-refractivity contribution in [3.63, 3.8) is 0 Å². The topological polar surface area (TPSA) is 164 Å². The molecule has 0 bridgehead atoms. The Morgan fingerprint density at radius 3 is 1.64 bits per heavy atom. The van der Waals surface area contributed by atoms with E-state index in [1.54, 1.807) is 0 Å². The molecule has 69 heavy (non-hydrogen) atoms. The number of hydrogen-bond acceptors (Lipinski definition) is 9. The second-order valence-electron chi connectivity index (χ2n) is 27.0. The average Bonchev–Trinajstić information content (AvgIpc) is 3.88. The first-order chi connectivity index (χ1) is 31.6. The first kappa shape index (κ1) is 55.7. The van der Waals surface area contributed by atoms with Crippen molar-refractivity contribution in [2.45, 2.75) is 220 Å². The third kappa shape index (κ3) is 12.1. The Kier molecular flexibility index (Phi) is 16.5. The first-order valence-corrected chi connectivity index (χ1v) is 26.4. The number of nitriles is 1. The van der Waals surface area contributed by atoms with E-state index in [2.05, 4.69) is 120 Å². The average molecular weight is 954 g/mol. The fourth-order valence-electron chi connectivity index (χ4n) is 11.5. The van der Waals surface area contributed by atoms with Crippen molar-refractivity contribution >= 4 is 40.9 Å². The summed E-state index contributed by atoms with van der Waals surface area (Å²) in [5.41, 5.74) is -0.418. The molecule has 2 aliphatic carbocycles. The standard InChI is InChI=1S/C57H91N7O5/c1-22-24-25-34(23-2)49(65)61-46-42(51(67)69-44-38(55(13,14)15)28-33(6)29-39(44)56(16,17)18)40(31(3)4)45(59-46)60-47-35(30-58)41(48-62-52(57(19,20)21)63-64(47)48)50(66)68-43-36(53(7,8)9)26-32(5)27-37(43)54(10,11)12/h31-34,36-39,43-44,59H,22-29H2,1-21H3,(H,61,65). The molecule has 3 aliphatic rings. The van der Waals surface area contributed by atoms with Crippen molar-refractivity contribution in [3.8, 4) is 6.07 Å². The Morgan fingerprint density at radius 1 is 0.783 bits per heavy atom. The number of unbranched alkanes of at least 4 members (excludes halogenated alkanes) is 1. The van der Waals surface area contributed by atoms with E-state index in [4.69, 9.17) is 24.5 Å². The van der Waals surface area contributed by atoms with Crippen LogP contribution in [0.5, 0.6) is 0 Å². The molecular weight excluding hydrogens is 863 g/mol. The number of hydrogen-bond donors (Lipinski definition) is 2. The Balaban J connectivity index is 1.76. The largest absolute Gasteiger partial charge is 0.458 e. The van der Waals surface area contributed by atoms with Crippen LogP contribution in [-0.4, -0.2) is 55.6 Å². The van der Waals surface area contributed by atoms with Crippen LogP contribution in [0.2, 0.25) is 0 Å². The van der Waals surface area contributed by atoms with Gasteiger partial charge in [0.15, 0.2) is 17.5 Å². The molecule has 2 saturated carbocycles. The van der Waals surface area contributed by atoms with Crippen LogP contribution in [0, 0.1) is 74.4 Å². The van der Waals surface area contributed by atoms with Crippen LogP contribution in [0.25, 0.3) is 5.57 Å². The summed E-state index contributed by atoms with van der Waals surface area (Å²) in [6.45, 7) is 45.2. The quantitative estimate of drug-likeness (QED) is 0.199. The van der Waals surface area contributed by atoms with E-state index in [-0.39, 0.29) is 109 Å². The predicted octanol–water partition coefficient (Wildman–Crippen LogP) is 14.0. The van der Waals surface area contributed by atoms with Gasteiger partial charge in [-0.15, -0.1) is 5.10 Å². The SMILES string of the molecule is CCCCC(CC)C(=O)Nc1[nH]c(N=C2C(C#N)=C(C(=O)OC3C(C(C)(C)C)CC(C)CC3C(C)(C)C)c3nc(C(C)(C)C)nn32)c(C(C)C)c1C(=O)OC1C(C(C)(C)C)CC(C)CC1C(C)(C)C. The van der Waals surface area contributed by atoms with Crippen LogP contribution in [0.15, 0.2) is 10.6 Å². The zero-order valence-electron chi connectivity index (χ0n) is 46.7. The number of allylic oxidation sites excluding steroid dienone is 1. The maximum absolute atomic E-state index is 15.3. The highest BCUT2D eigenvalue weighted by Crippen LogP contribution is 2.52. The molecule has 12 heteroatoms. The lowest BCUT2D eigenvalue weighted by Crippen LogP contribution is -2.49. The molecule has 5 unspecified atom stereocenters. The Bertz CT molecular complexity index is 2260. The fraction of sp³-hybridized carbons (Fsp3) is 0.772. The van der Waals surface area contributed by atoms with E-state index in [0.29, 0.717) is 36.1 Å². The fourth-order valence-corrected chi connectivity index (χ4v) is 11.5. The second kappa shape index (κ2) is 20.5. The summed E-state index contributed by atoms with van der Waals surface area (Å²) in [7, 11) is 0. The summed E-state index contributed by atoms with van der Waals surface area (Å²) in [5, 5.41) is 19.2. The van der Waals surface area contributed by atoms with Crippen LogP contribution in [0.4, 0.5) is 11.6 Å². The number of carbonyl (C=O) groups excluding carboxylic acids is 3. The van der Waals surface area contributed by atoms with Gasteiger partial charge in [-0.1, -0.05) is 158 Å². The van der Waals surface area contributed by atoms with Gasteiger partial charge in [0.1, 0.15) is 46.6 Å². The number of nitrogens with zero attached hydrogens (tertiary/aromatic N) is 5. The minimum absolute atomic E-state index is 0.0127. The number of aromatic nitrogens is 4. The number of fused-ring (bicyclic) bond motifs is 1. The van der Waals surface area contributed by atoms with E-state index < -0.39 is 23.5 Å². The molecule has 384 valence electrons. The van der Waals surface area contributed by atoms with Crippen LogP contribution in [-0.2, 0) is 24.5 Å². The lowest BCUT2D eigenvalue weighted by molar-refractivity contribution is -0.162. The molecule has 1 amide bonds. The molecule has 0 radical (unpaired) electrons. The molecule has 5 atom stereocenters. The summed E-state index contributed by atoms with van der Waals surface area (Å²) in [4.78, 5) is 58.1. The highest BCUT2D eigenvalue weighted by atomic mass is 16.5. The van der Waals surface area contributed by atoms with Crippen LogP contribution in [0.3, 0.4) is 0 Å². The van der Waals surface area contributed by atoms with Crippen molar-refractivity contribution in [1.29, 1.82) is 5.26 Å². The molecule has 3 heterocycles. The van der Waals surface area contributed by atoms with E-state index in [9.17, 15) is 10.1 Å². The molecule has 0 spiro atoms. The minimum atomic E-state index is -0.636. The zero-order chi connectivity index (χ0) is 52.1. The zero-order valence-corrected chi connectivity index (χ0v) is 46.7. The molecule has 2 fully saturated rings. The normalized spacial score (nSPS) is 26.0. The van der Waals surface area contributed by atoms with E-state index in [1.165, 1.54) is 4.68 Å². The number of carbonyl (C=O) groups is 3. The van der Waals surface area contributed by atoms with Crippen molar-refractivity contribution in [1.82, 2.24) is 19.7 Å². The maximum Gasteiger partial charge on any atom is 0.343 e. The van der Waals surface area contributed by atoms with Gasteiger partial charge in [0, 0.05) is 40.6 Å². The summed E-state index contributed by atoms with van der Waals surface area (Å²) in [5.74, 6) is 0.460. The molecule has 1 aliphatic heterocycles. The number of nitrogens with one attached hydrogen (secondary N) is 2. The van der Waals surface area contributed by atoms with Crippen molar-refractivity contribution in [2.75, 3.05) is 5.32 Å². The van der Waals surface area contributed by atoms with Gasteiger partial charge < -0.3 is 19.8 Å². The Morgan fingerprint density at radius 2 is 1.25 bits per heavy atom. The van der Waals surface area contributed by atoms with Gasteiger partial charge in [-0.2, -0.15) is 9.94 Å². The van der Waals surface area contributed by atoms with Gasteiger partial charge in [-0.05, 0) is 77.9 Å². The van der Waals surface area contributed by atoms with Crippen LogP contribution in [0.1, 0.15) is 230 Å². The molecule has 5 rings (SSSR count). The number of aromatic amines is 1. The maximum atomic E-state index is 15.3. The minimum Gasteiger partial charge on any atom is -0.458 e. The summed E-state index contributed by atoms with van der Waals surface area (Å²) < 4.78 is 15.1. The molecule has 0 aromatic carbocycles. The third-order valence-electron chi connectivity index (χ3n) is 15.7. The lowest BCUT2D eigenvalue weighted by atomic mass is 9.59. The van der Waals surface area contributed by atoms with Gasteiger partial charge in [0.2, 0.25) is 5.91 Å². The highest BCUT2D eigenvalue weighted by molar-refractivity contribution is 6.30. The third-order valence-corrected chi connectivity index (χ3v) is 15.7. The number of ether oxygens (including phenoxy) is 2. The van der Waals surface area contributed by atoms with Crippen LogP contribution >= 0.6 is 0 Å². The highest BCUT2D eigenvalue weighted by Gasteiger charge is 2.51. The molecule has 2 aromatic rings. The number of anilines is 1. The van der Waals surface area contributed by atoms with Gasteiger partial charge in [-0.3, -0.25) is 4.79 Å². The molecule has 0 saturated heterocycles. The number of H-pyrrole nitrogens is 1. The Hall–Kier alpha value is -4.27. The number of aliphatic imine (C=N–C) groups is 1. The van der Waals surface area contributed by atoms with E-state index >= 15 is 9.59 Å². The summed E-state index contributed by atoms with van der Waals surface area (Å²) in [6.07, 6.45) is 6.06. The molecule has 12 nitrogen and oxygen atoms in total. The lowest BCUT2D eigenvalue weighted by Gasteiger charge is -2.50. The van der Waals surface area contributed by atoms with Crippen molar-refractivity contribution in [2.24, 2.45) is 68.1 Å². The summed E-state index contributed by atoms with van der Waals surface area (Å²) in [6, 6.07) is 2.32. The molecule has 2 aromatic heterocycles. The van der Waals surface area contributed by atoms with Crippen molar-refractivity contribution in [3.05, 3.63) is 28.3 Å².